The van der Waals surface area contributed by atoms with Gasteiger partial charge in [-0.25, -0.2) is 13.8 Å². The summed E-state index contributed by atoms with van der Waals surface area (Å²) < 4.78 is 34.0. The molecule has 3 aliphatic rings. The van der Waals surface area contributed by atoms with Gasteiger partial charge in [0.25, 0.3) is 17.7 Å². The van der Waals surface area contributed by atoms with Crippen molar-refractivity contribution in [3.8, 4) is 0 Å². The number of pyridine rings is 1. The fourth-order valence-corrected chi connectivity index (χ4v) is 5.91. The standard InChI is InChI=1S/C27H28F2IN5O3/c28-27(29)8-12-35(13-9-27)23-22-17(3-14-38-22)15-20(31-23)25(37)33-32-24(36)19-2-1-18(30)16-21(19)34-10-6-26(4-5-26)7-11-34/h1-3,14-16H,4-13H2,(H,32,36)(H,33,37). The number of nitrogens with zero attached hydrogens (tertiary/aromatic N) is 3. The lowest BCUT2D eigenvalue weighted by Gasteiger charge is -2.35. The fraction of sp³-hybridized carbons (Fsp3) is 0.444. The van der Waals surface area contributed by atoms with Crippen molar-refractivity contribution in [3.63, 3.8) is 0 Å². The average molecular weight is 635 g/mol. The Balaban J connectivity index is 1.17. The number of carbonyl (C=O) groups excluding carboxylic acids is 2. The Bertz CT molecular complexity index is 1390. The Morgan fingerprint density at radius 1 is 0.895 bits per heavy atom. The molecule has 4 heterocycles. The average Bonchev–Trinajstić information content (AvgIpc) is 3.48. The molecular formula is C27H28F2IN5O3. The highest BCUT2D eigenvalue weighted by molar-refractivity contribution is 14.1. The molecule has 0 unspecified atom stereocenters. The van der Waals surface area contributed by atoms with E-state index in [1.54, 1.807) is 23.1 Å². The van der Waals surface area contributed by atoms with E-state index in [0.29, 0.717) is 27.8 Å². The van der Waals surface area contributed by atoms with Gasteiger partial charge in [0.1, 0.15) is 5.69 Å². The first-order valence-electron chi connectivity index (χ1n) is 12.9. The van der Waals surface area contributed by atoms with Gasteiger partial charge in [0.2, 0.25) is 0 Å². The molecule has 0 atom stereocenters. The van der Waals surface area contributed by atoms with Crippen molar-refractivity contribution in [2.24, 2.45) is 5.41 Å². The van der Waals surface area contributed by atoms with Crippen LogP contribution in [0.3, 0.4) is 0 Å². The molecule has 1 spiro atoms. The maximum Gasteiger partial charge on any atom is 0.288 e. The molecule has 8 nitrogen and oxygen atoms in total. The summed E-state index contributed by atoms with van der Waals surface area (Å²) in [5, 5.41) is 0.627. The molecule has 2 amide bonds. The van der Waals surface area contributed by atoms with Crippen molar-refractivity contribution in [1.82, 2.24) is 15.8 Å². The SMILES string of the molecule is O=C(NNC(=O)c1ccc(I)cc1N1CCC2(CC1)CC2)c1cc2ccoc2c(N2CCC(F)(F)CC2)n1. The van der Waals surface area contributed by atoms with E-state index in [2.05, 4.69) is 43.3 Å². The Labute approximate surface area is 232 Å². The number of furan rings is 1. The summed E-state index contributed by atoms with van der Waals surface area (Å²) in [7, 11) is 0. The highest BCUT2D eigenvalue weighted by atomic mass is 127. The Hall–Kier alpha value is -2.96. The zero-order valence-electron chi connectivity index (χ0n) is 20.7. The number of alkyl halides is 2. The van der Waals surface area contributed by atoms with Crippen LogP contribution in [0.1, 0.15) is 59.4 Å². The monoisotopic (exact) mass is 635 g/mol. The van der Waals surface area contributed by atoms with Crippen LogP contribution in [0.2, 0.25) is 0 Å². The lowest BCUT2D eigenvalue weighted by molar-refractivity contribution is -0.0221. The highest BCUT2D eigenvalue weighted by Gasteiger charge is 2.44. The van der Waals surface area contributed by atoms with E-state index in [0.717, 1.165) is 35.2 Å². The first-order valence-corrected chi connectivity index (χ1v) is 14.0. The first-order chi connectivity index (χ1) is 18.2. The van der Waals surface area contributed by atoms with Crippen LogP contribution in [-0.4, -0.2) is 48.9 Å². The van der Waals surface area contributed by atoms with Crippen LogP contribution in [0.4, 0.5) is 20.3 Å². The van der Waals surface area contributed by atoms with E-state index in [1.807, 2.05) is 12.1 Å². The smallest absolute Gasteiger partial charge is 0.288 e. The van der Waals surface area contributed by atoms with Crippen molar-refractivity contribution < 1.29 is 22.8 Å². The lowest BCUT2D eigenvalue weighted by atomic mass is 9.93. The van der Waals surface area contributed by atoms with Crippen molar-refractivity contribution in [1.29, 1.82) is 0 Å². The molecule has 3 fully saturated rings. The van der Waals surface area contributed by atoms with Crippen LogP contribution in [0.5, 0.6) is 0 Å². The minimum Gasteiger partial charge on any atom is -0.460 e. The maximum atomic E-state index is 13.7. The molecule has 0 bridgehead atoms. The van der Waals surface area contributed by atoms with Crippen molar-refractivity contribution in [2.75, 3.05) is 36.0 Å². The third kappa shape index (κ3) is 5.04. The van der Waals surface area contributed by atoms with Crippen molar-refractivity contribution in [2.45, 2.75) is 44.4 Å². The van der Waals surface area contributed by atoms with Gasteiger partial charge >= 0.3 is 0 Å². The Kier molecular flexibility index (Phi) is 6.43. The van der Waals surface area contributed by atoms with Crippen LogP contribution in [0, 0.1) is 8.99 Å². The second-order valence-electron chi connectivity index (χ2n) is 10.6. The molecule has 3 aromatic rings. The lowest BCUT2D eigenvalue weighted by Crippen LogP contribution is -2.43. The Morgan fingerprint density at radius 3 is 2.29 bits per heavy atom. The van der Waals surface area contributed by atoms with Gasteiger partial charge in [0.15, 0.2) is 11.4 Å². The summed E-state index contributed by atoms with van der Waals surface area (Å²) in [4.78, 5) is 34.6. The van der Waals surface area contributed by atoms with E-state index in [1.165, 1.54) is 19.1 Å². The quantitative estimate of drug-likeness (QED) is 0.306. The van der Waals surface area contributed by atoms with Gasteiger partial charge in [-0.15, -0.1) is 0 Å². The van der Waals surface area contributed by atoms with Gasteiger partial charge in [-0.2, -0.15) is 0 Å². The number of nitrogens with one attached hydrogen (secondary N) is 2. The van der Waals surface area contributed by atoms with E-state index in [9.17, 15) is 18.4 Å². The highest BCUT2D eigenvalue weighted by Crippen LogP contribution is 2.54. The molecule has 2 N–H and O–H groups in total. The van der Waals surface area contributed by atoms with Crippen LogP contribution in [0.15, 0.2) is 41.0 Å². The molecule has 38 heavy (non-hydrogen) atoms. The fourth-order valence-electron chi connectivity index (χ4n) is 5.44. The second kappa shape index (κ2) is 9.65. The number of benzene rings is 1. The molecule has 1 aliphatic carbocycles. The van der Waals surface area contributed by atoms with Gasteiger partial charge in [0, 0.05) is 48.0 Å². The number of amides is 2. The zero-order valence-corrected chi connectivity index (χ0v) is 22.9. The predicted octanol–water partition coefficient (Wildman–Crippen LogP) is 5.12. The normalized spacial score (nSPS) is 20.0. The third-order valence-electron chi connectivity index (χ3n) is 8.06. The van der Waals surface area contributed by atoms with Crippen molar-refractivity contribution in [3.05, 3.63) is 51.4 Å². The number of carbonyl (C=O) groups is 2. The van der Waals surface area contributed by atoms with E-state index >= 15 is 0 Å². The largest absolute Gasteiger partial charge is 0.460 e. The summed E-state index contributed by atoms with van der Waals surface area (Å²) in [5.74, 6) is -3.39. The summed E-state index contributed by atoms with van der Waals surface area (Å²) in [6.45, 7) is 2.02. The predicted molar refractivity (Wildman–Crippen MR) is 148 cm³/mol. The molecule has 6 rings (SSSR count). The summed E-state index contributed by atoms with van der Waals surface area (Å²) in [5.41, 5.74) is 7.38. The number of hydrazine groups is 1. The number of rotatable bonds is 4. The molecule has 2 saturated heterocycles. The molecule has 200 valence electrons. The number of piperidine rings is 2. The number of anilines is 2. The van der Waals surface area contributed by atoms with E-state index in [4.69, 9.17) is 4.42 Å². The minimum absolute atomic E-state index is 0.0557. The maximum absolute atomic E-state index is 13.7. The van der Waals surface area contributed by atoms with Gasteiger partial charge < -0.3 is 14.2 Å². The third-order valence-corrected chi connectivity index (χ3v) is 8.73. The van der Waals surface area contributed by atoms with E-state index < -0.39 is 17.7 Å². The number of hydrogen-bond donors (Lipinski definition) is 2. The van der Waals surface area contributed by atoms with E-state index in [-0.39, 0.29) is 31.6 Å². The number of hydrogen-bond acceptors (Lipinski definition) is 6. The molecule has 1 aromatic carbocycles. The van der Waals surface area contributed by atoms with Crippen molar-refractivity contribution >= 4 is 56.9 Å². The van der Waals surface area contributed by atoms with Crippen LogP contribution in [0.25, 0.3) is 11.0 Å². The topological polar surface area (TPSA) is 90.7 Å². The zero-order chi connectivity index (χ0) is 26.5. The van der Waals surface area contributed by atoms with Gasteiger partial charge in [-0.05, 0) is 84.0 Å². The molecule has 2 aliphatic heterocycles. The molecular weight excluding hydrogens is 607 g/mol. The van der Waals surface area contributed by atoms with Gasteiger partial charge in [-0.3, -0.25) is 20.4 Å². The minimum atomic E-state index is -2.71. The number of fused-ring (bicyclic) bond motifs is 1. The first kappa shape index (κ1) is 25.3. The summed E-state index contributed by atoms with van der Waals surface area (Å²) >= 11 is 2.24. The Morgan fingerprint density at radius 2 is 1.58 bits per heavy atom. The van der Waals surface area contributed by atoms with Gasteiger partial charge in [-0.1, -0.05) is 0 Å². The molecule has 11 heteroatoms. The molecule has 2 aromatic heterocycles. The van der Waals surface area contributed by atoms with Gasteiger partial charge in [0.05, 0.1) is 17.5 Å². The second-order valence-corrected chi connectivity index (χ2v) is 11.8. The summed E-state index contributed by atoms with van der Waals surface area (Å²) in [6.07, 6.45) is 5.76. The molecule has 0 radical (unpaired) electrons. The van der Waals surface area contributed by atoms with Crippen LogP contribution < -0.4 is 20.7 Å². The van der Waals surface area contributed by atoms with Crippen LogP contribution in [-0.2, 0) is 0 Å². The molecule has 1 saturated carbocycles. The summed E-state index contributed by atoms with van der Waals surface area (Å²) in [6, 6.07) is 8.90. The number of halogens is 3. The van der Waals surface area contributed by atoms with Crippen LogP contribution >= 0.6 is 22.6 Å². The number of aromatic nitrogens is 1.